The van der Waals surface area contributed by atoms with Gasteiger partial charge in [-0.2, -0.15) is 0 Å². The van der Waals surface area contributed by atoms with Crippen LogP contribution < -0.4 is 5.32 Å². The Morgan fingerprint density at radius 1 is 1.57 bits per heavy atom. The first-order valence-corrected chi connectivity index (χ1v) is 8.55. The quantitative estimate of drug-likeness (QED) is 0.451. The van der Waals surface area contributed by atoms with Gasteiger partial charge in [0.1, 0.15) is 0 Å². The summed E-state index contributed by atoms with van der Waals surface area (Å²) >= 11 is 3.33. The Hall–Kier alpha value is -0.880. The van der Waals surface area contributed by atoms with Gasteiger partial charge >= 0.3 is 5.97 Å². The number of carbonyl (C=O) groups is 2. The number of fused-ring (bicyclic) bond motifs is 1. The molecule has 1 amide bonds. The van der Waals surface area contributed by atoms with Crippen LogP contribution in [0.25, 0.3) is 0 Å². The molecule has 2 aliphatic heterocycles. The average molecular weight is 358 g/mol. The lowest BCUT2D eigenvalue weighted by molar-refractivity contribution is -0.238. The molecule has 5 atom stereocenters. The molecule has 0 bridgehead atoms. The van der Waals surface area contributed by atoms with Crippen LogP contribution in [-0.2, 0) is 14.3 Å². The third kappa shape index (κ3) is 1.84. The molecule has 5 nitrogen and oxygen atoms in total. The topological polar surface area (TPSA) is 75.6 Å². The summed E-state index contributed by atoms with van der Waals surface area (Å²) < 4.78 is 5.37. The highest BCUT2D eigenvalue weighted by molar-refractivity contribution is 9.09. The number of amides is 1. The number of rotatable bonds is 4. The molecule has 3 rings (SSSR count). The number of alkyl halides is 1. The van der Waals surface area contributed by atoms with E-state index in [0.29, 0.717) is 11.8 Å². The number of allylic oxidation sites excluding steroid dienone is 1. The zero-order valence-corrected chi connectivity index (χ0v) is 13.6. The zero-order valence-electron chi connectivity index (χ0n) is 12.0. The van der Waals surface area contributed by atoms with Gasteiger partial charge in [0, 0.05) is 11.2 Å². The lowest BCUT2D eigenvalue weighted by Gasteiger charge is -2.54. The molecule has 2 fully saturated rings. The van der Waals surface area contributed by atoms with Crippen molar-refractivity contribution >= 4 is 27.8 Å². The maximum Gasteiger partial charge on any atom is 0.339 e. The standard InChI is InChI=1S/C15H20BrNO4/c1-14-10(7-8-16)12(19)17-15(14,13(20)21-14)11(18)9-5-3-2-4-6-9/h3,5,9-11,18H,2,4,6-8H2,1H3,(H,17,19)/t9?,10-,11-,14-,15-/m0/s1. The van der Waals surface area contributed by atoms with E-state index in [4.69, 9.17) is 4.74 Å². The zero-order chi connectivity index (χ0) is 15.3. The number of nitrogens with one attached hydrogen (secondary N) is 1. The molecule has 2 heterocycles. The Kier molecular flexibility index (Phi) is 3.64. The lowest BCUT2D eigenvalue weighted by Crippen LogP contribution is -2.80. The fraction of sp³-hybridized carbons (Fsp3) is 0.733. The molecule has 0 spiro atoms. The molecule has 0 saturated carbocycles. The summed E-state index contributed by atoms with van der Waals surface area (Å²) in [5, 5.41) is 14.2. The van der Waals surface area contributed by atoms with Crippen LogP contribution >= 0.6 is 15.9 Å². The first-order valence-electron chi connectivity index (χ1n) is 7.43. The SMILES string of the molecule is C[C@@]12OC(=O)[C@]1([C@@H](O)C1C=CCCC1)NC(=O)[C@@H]2CCBr. The molecular weight excluding hydrogens is 338 g/mol. The van der Waals surface area contributed by atoms with Crippen molar-refractivity contribution in [3.8, 4) is 0 Å². The Balaban J connectivity index is 1.94. The number of halogens is 1. The van der Waals surface area contributed by atoms with E-state index in [1.807, 2.05) is 12.2 Å². The first kappa shape index (κ1) is 15.0. The van der Waals surface area contributed by atoms with E-state index in [9.17, 15) is 14.7 Å². The smallest absolute Gasteiger partial charge is 0.339 e. The molecule has 2 N–H and O–H groups in total. The van der Waals surface area contributed by atoms with Crippen LogP contribution in [0.3, 0.4) is 0 Å². The van der Waals surface area contributed by atoms with Crippen LogP contribution in [0, 0.1) is 11.8 Å². The van der Waals surface area contributed by atoms with Crippen LogP contribution in [0.4, 0.5) is 0 Å². The molecule has 116 valence electrons. The highest BCUT2D eigenvalue weighted by atomic mass is 79.9. The van der Waals surface area contributed by atoms with Gasteiger partial charge in [0.05, 0.1) is 12.0 Å². The molecule has 0 radical (unpaired) electrons. The fourth-order valence-electron chi connectivity index (χ4n) is 3.99. The second-order valence-corrected chi connectivity index (χ2v) is 7.08. The van der Waals surface area contributed by atoms with Crippen molar-refractivity contribution < 1.29 is 19.4 Å². The molecule has 2 saturated heterocycles. The van der Waals surface area contributed by atoms with Gasteiger partial charge in [-0.15, -0.1) is 0 Å². The van der Waals surface area contributed by atoms with E-state index in [0.717, 1.165) is 19.3 Å². The van der Waals surface area contributed by atoms with Crippen molar-refractivity contribution in [3.63, 3.8) is 0 Å². The summed E-state index contributed by atoms with van der Waals surface area (Å²) in [6.07, 6.45) is 6.42. The number of esters is 1. The summed E-state index contributed by atoms with van der Waals surface area (Å²) in [6.45, 7) is 1.76. The normalized spacial score (nSPS) is 42.8. The van der Waals surface area contributed by atoms with Crippen molar-refractivity contribution in [3.05, 3.63) is 12.2 Å². The average Bonchev–Trinajstić information content (AvgIpc) is 2.65. The van der Waals surface area contributed by atoms with Crippen LogP contribution in [0.1, 0.15) is 32.6 Å². The molecule has 0 aromatic rings. The maximum absolute atomic E-state index is 12.3. The van der Waals surface area contributed by atoms with Gasteiger partial charge in [-0.25, -0.2) is 4.79 Å². The minimum absolute atomic E-state index is 0.117. The predicted molar refractivity (Wildman–Crippen MR) is 79.8 cm³/mol. The number of aliphatic hydroxyl groups excluding tert-OH is 1. The summed E-state index contributed by atoms with van der Waals surface area (Å²) in [4.78, 5) is 24.5. The summed E-state index contributed by atoms with van der Waals surface area (Å²) in [6, 6.07) is 0. The van der Waals surface area contributed by atoms with E-state index in [-0.39, 0.29) is 11.8 Å². The molecule has 0 aromatic heterocycles. The number of hydrogen-bond acceptors (Lipinski definition) is 4. The van der Waals surface area contributed by atoms with Crippen LogP contribution in [0.5, 0.6) is 0 Å². The van der Waals surface area contributed by atoms with E-state index >= 15 is 0 Å². The van der Waals surface area contributed by atoms with Gasteiger partial charge in [0.2, 0.25) is 11.4 Å². The number of ether oxygens (including phenoxy) is 1. The third-order valence-corrected chi connectivity index (χ3v) is 5.71. The number of carbonyl (C=O) groups excluding carboxylic acids is 2. The van der Waals surface area contributed by atoms with Gasteiger partial charge in [0.25, 0.3) is 0 Å². The fourth-order valence-corrected chi connectivity index (χ4v) is 4.45. The van der Waals surface area contributed by atoms with Gasteiger partial charge < -0.3 is 15.2 Å². The van der Waals surface area contributed by atoms with Crippen molar-refractivity contribution in [2.45, 2.75) is 49.9 Å². The Morgan fingerprint density at radius 3 is 2.90 bits per heavy atom. The number of aliphatic hydroxyl groups is 1. The van der Waals surface area contributed by atoms with Crippen LogP contribution in [0.15, 0.2) is 12.2 Å². The molecule has 3 aliphatic rings. The highest BCUT2D eigenvalue weighted by Gasteiger charge is 2.79. The molecule has 21 heavy (non-hydrogen) atoms. The molecule has 1 aliphatic carbocycles. The molecule has 1 unspecified atom stereocenters. The Labute approximate surface area is 132 Å². The second-order valence-electron chi connectivity index (χ2n) is 6.29. The third-order valence-electron chi connectivity index (χ3n) is 5.25. The Morgan fingerprint density at radius 2 is 2.33 bits per heavy atom. The van der Waals surface area contributed by atoms with Crippen molar-refractivity contribution in [1.82, 2.24) is 5.32 Å². The Bertz CT molecular complexity index is 508. The van der Waals surface area contributed by atoms with Crippen molar-refractivity contribution in [1.29, 1.82) is 0 Å². The minimum Gasteiger partial charge on any atom is -0.453 e. The minimum atomic E-state index is -1.29. The first-order chi connectivity index (χ1) is 9.97. The second kappa shape index (κ2) is 5.09. The van der Waals surface area contributed by atoms with Crippen molar-refractivity contribution in [2.75, 3.05) is 5.33 Å². The van der Waals surface area contributed by atoms with Gasteiger partial charge in [-0.1, -0.05) is 28.1 Å². The molecule has 0 aromatic carbocycles. The van der Waals surface area contributed by atoms with E-state index < -0.39 is 29.1 Å². The highest BCUT2D eigenvalue weighted by Crippen LogP contribution is 2.53. The maximum atomic E-state index is 12.3. The lowest BCUT2D eigenvalue weighted by atomic mass is 9.64. The summed E-state index contributed by atoms with van der Waals surface area (Å²) in [5.41, 5.74) is -2.25. The van der Waals surface area contributed by atoms with E-state index in [1.54, 1.807) is 6.92 Å². The monoisotopic (exact) mass is 357 g/mol. The van der Waals surface area contributed by atoms with Gasteiger partial charge in [-0.05, 0) is 32.6 Å². The van der Waals surface area contributed by atoms with Crippen LogP contribution in [-0.4, -0.2) is 39.6 Å². The van der Waals surface area contributed by atoms with Gasteiger partial charge in [0.15, 0.2) is 5.60 Å². The van der Waals surface area contributed by atoms with E-state index in [2.05, 4.69) is 21.2 Å². The van der Waals surface area contributed by atoms with Crippen LogP contribution in [0.2, 0.25) is 0 Å². The largest absolute Gasteiger partial charge is 0.453 e. The predicted octanol–water partition coefficient (Wildman–Crippen LogP) is 1.29. The molecular formula is C15H20BrNO4. The van der Waals surface area contributed by atoms with Crippen molar-refractivity contribution in [2.24, 2.45) is 11.8 Å². The summed E-state index contributed by atoms with van der Waals surface area (Å²) in [5.74, 6) is -1.26. The number of hydrogen-bond donors (Lipinski definition) is 2. The van der Waals surface area contributed by atoms with Gasteiger partial charge in [-0.3, -0.25) is 4.79 Å². The van der Waals surface area contributed by atoms with E-state index in [1.165, 1.54) is 0 Å². The molecule has 6 heteroatoms. The summed E-state index contributed by atoms with van der Waals surface area (Å²) in [7, 11) is 0.